The van der Waals surface area contributed by atoms with Crippen molar-refractivity contribution < 1.29 is 14.3 Å². The molecule has 0 atom stereocenters. The number of aromatic nitrogens is 2. The topological polar surface area (TPSA) is 67.2 Å². The van der Waals surface area contributed by atoms with Gasteiger partial charge < -0.3 is 10.4 Å². The fourth-order valence-electron chi connectivity index (χ4n) is 2.02. The standard InChI is InChI=1S/C15H18FN3O2/c1-3-4-8-19-10(2)12(9-17-19)18-15(21)14-11(16)6-5-7-13(14)20/h5-7,9,20H,3-4,8H2,1-2H3,(H,18,21). The Morgan fingerprint density at radius 1 is 1.48 bits per heavy atom. The summed E-state index contributed by atoms with van der Waals surface area (Å²) in [6.07, 6.45) is 3.56. The largest absolute Gasteiger partial charge is 0.507 e. The van der Waals surface area contributed by atoms with Crippen LogP contribution in [-0.2, 0) is 6.54 Å². The average molecular weight is 291 g/mol. The summed E-state index contributed by atoms with van der Waals surface area (Å²) in [4.78, 5) is 12.1. The van der Waals surface area contributed by atoms with Crippen LogP contribution in [0, 0.1) is 12.7 Å². The molecule has 0 saturated carbocycles. The predicted octanol–water partition coefficient (Wildman–Crippen LogP) is 3.09. The lowest BCUT2D eigenvalue weighted by atomic mass is 10.1. The maximum absolute atomic E-state index is 13.6. The second kappa shape index (κ2) is 6.39. The lowest BCUT2D eigenvalue weighted by Crippen LogP contribution is -2.14. The summed E-state index contributed by atoms with van der Waals surface area (Å²) in [6.45, 7) is 4.69. The van der Waals surface area contributed by atoms with Gasteiger partial charge in [-0.05, 0) is 25.5 Å². The Kier molecular flexibility index (Phi) is 4.57. The van der Waals surface area contributed by atoms with E-state index in [1.165, 1.54) is 18.3 Å². The molecule has 1 aromatic carbocycles. The van der Waals surface area contributed by atoms with Gasteiger partial charge >= 0.3 is 0 Å². The molecule has 0 unspecified atom stereocenters. The van der Waals surface area contributed by atoms with Crippen molar-refractivity contribution in [3.05, 3.63) is 41.5 Å². The number of phenolic OH excluding ortho intramolecular Hbond substituents is 1. The number of benzene rings is 1. The minimum Gasteiger partial charge on any atom is -0.507 e. The number of nitrogens with one attached hydrogen (secondary N) is 1. The molecular formula is C15H18FN3O2. The van der Waals surface area contributed by atoms with E-state index in [0.717, 1.165) is 31.1 Å². The molecule has 0 saturated heterocycles. The zero-order chi connectivity index (χ0) is 15.4. The predicted molar refractivity (Wildman–Crippen MR) is 77.9 cm³/mol. The van der Waals surface area contributed by atoms with Crippen LogP contribution in [-0.4, -0.2) is 20.8 Å². The molecule has 1 heterocycles. The van der Waals surface area contributed by atoms with Crippen LogP contribution >= 0.6 is 0 Å². The highest BCUT2D eigenvalue weighted by molar-refractivity contribution is 6.06. The summed E-state index contributed by atoms with van der Waals surface area (Å²) in [5, 5.41) is 16.4. The molecule has 0 bridgehead atoms. The van der Waals surface area contributed by atoms with Crippen molar-refractivity contribution in [2.75, 3.05) is 5.32 Å². The van der Waals surface area contributed by atoms with E-state index < -0.39 is 11.7 Å². The Morgan fingerprint density at radius 2 is 2.24 bits per heavy atom. The van der Waals surface area contributed by atoms with E-state index in [9.17, 15) is 14.3 Å². The van der Waals surface area contributed by atoms with Gasteiger partial charge in [-0.2, -0.15) is 5.10 Å². The van der Waals surface area contributed by atoms with E-state index in [-0.39, 0.29) is 11.3 Å². The fraction of sp³-hybridized carbons (Fsp3) is 0.333. The van der Waals surface area contributed by atoms with Crippen molar-refractivity contribution in [2.24, 2.45) is 0 Å². The van der Waals surface area contributed by atoms with Gasteiger partial charge in [0.25, 0.3) is 5.91 Å². The highest BCUT2D eigenvalue weighted by Gasteiger charge is 2.18. The first-order valence-corrected chi connectivity index (χ1v) is 6.85. The van der Waals surface area contributed by atoms with E-state index in [4.69, 9.17) is 0 Å². The molecule has 0 radical (unpaired) electrons. The van der Waals surface area contributed by atoms with Crippen LogP contribution in [0.2, 0.25) is 0 Å². The molecule has 0 aliphatic heterocycles. The summed E-state index contributed by atoms with van der Waals surface area (Å²) in [6, 6.07) is 3.75. The number of hydrogen-bond acceptors (Lipinski definition) is 3. The molecule has 0 fully saturated rings. The molecule has 0 aliphatic rings. The zero-order valence-corrected chi connectivity index (χ0v) is 12.1. The molecular weight excluding hydrogens is 273 g/mol. The summed E-state index contributed by atoms with van der Waals surface area (Å²) in [7, 11) is 0. The highest BCUT2D eigenvalue weighted by Crippen LogP contribution is 2.22. The highest BCUT2D eigenvalue weighted by atomic mass is 19.1. The molecule has 112 valence electrons. The Hall–Kier alpha value is -2.37. The number of unbranched alkanes of at least 4 members (excludes halogenated alkanes) is 1. The molecule has 6 heteroatoms. The summed E-state index contributed by atoms with van der Waals surface area (Å²) in [5.41, 5.74) is 0.949. The number of carbonyl (C=O) groups is 1. The monoisotopic (exact) mass is 291 g/mol. The van der Waals surface area contributed by atoms with Gasteiger partial charge in [-0.3, -0.25) is 9.48 Å². The Morgan fingerprint density at radius 3 is 2.90 bits per heavy atom. The van der Waals surface area contributed by atoms with Crippen molar-refractivity contribution in [3.8, 4) is 5.75 Å². The molecule has 1 aromatic heterocycles. The molecule has 5 nitrogen and oxygen atoms in total. The number of amides is 1. The molecule has 2 N–H and O–H groups in total. The molecule has 2 rings (SSSR count). The van der Waals surface area contributed by atoms with Crippen LogP contribution in [0.3, 0.4) is 0 Å². The van der Waals surface area contributed by atoms with Gasteiger partial charge in [0.15, 0.2) is 0 Å². The Balaban J connectivity index is 2.19. The normalized spacial score (nSPS) is 10.6. The van der Waals surface area contributed by atoms with Crippen molar-refractivity contribution in [1.29, 1.82) is 0 Å². The van der Waals surface area contributed by atoms with E-state index in [1.807, 2.05) is 6.92 Å². The number of halogens is 1. The lowest BCUT2D eigenvalue weighted by molar-refractivity contribution is 0.102. The SMILES string of the molecule is CCCCn1ncc(NC(=O)c2c(O)cccc2F)c1C. The summed E-state index contributed by atoms with van der Waals surface area (Å²) in [5.74, 6) is -1.84. The van der Waals surface area contributed by atoms with Gasteiger partial charge in [0.05, 0.1) is 17.6 Å². The minimum atomic E-state index is -0.761. The number of hydrogen-bond donors (Lipinski definition) is 2. The van der Waals surface area contributed by atoms with Gasteiger partial charge in [0.1, 0.15) is 17.1 Å². The van der Waals surface area contributed by atoms with Crippen molar-refractivity contribution in [3.63, 3.8) is 0 Å². The van der Waals surface area contributed by atoms with Gasteiger partial charge in [-0.25, -0.2) is 4.39 Å². The van der Waals surface area contributed by atoms with Crippen LogP contribution in [0.15, 0.2) is 24.4 Å². The number of anilines is 1. The molecule has 2 aromatic rings. The molecule has 0 aliphatic carbocycles. The van der Waals surface area contributed by atoms with E-state index >= 15 is 0 Å². The van der Waals surface area contributed by atoms with Crippen LogP contribution < -0.4 is 5.32 Å². The number of aryl methyl sites for hydroxylation is 1. The quantitative estimate of drug-likeness (QED) is 0.889. The lowest BCUT2D eigenvalue weighted by Gasteiger charge is -2.08. The van der Waals surface area contributed by atoms with E-state index in [0.29, 0.717) is 5.69 Å². The van der Waals surface area contributed by atoms with Crippen LogP contribution in [0.1, 0.15) is 35.8 Å². The van der Waals surface area contributed by atoms with Crippen LogP contribution in [0.4, 0.5) is 10.1 Å². The number of carbonyl (C=O) groups excluding carboxylic acids is 1. The third-order valence-corrected chi connectivity index (χ3v) is 3.29. The molecule has 21 heavy (non-hydrogen) atoms. The van der Waals surface area contributed by atoms with Gasteiger partial charge in [0, 0.05) is 6.54 Å². The smallest absolute Gasteiger partial charge is 0.262 e. The third kappa shape index (κ3) is 3.21. The first-order valence-electron chi connectivity index (χ1n) is 6.85. The van der Waals surface area contributed by atoms with Gasteiger partial charge in [-0.15, -0.1) is 0 Å². The number of nitrogens with zero attached hydrogens (tertiary/aromatic N) is 2. The second-order valence-electron chi connectivity index (χ2n) is 4.81. The first-order chi connectivity index (χ1) is 10.0. The average Bonchev–Trinajstić information content (AvgIpc) is 2.77. The minimum absolute atomic E-state index is 0.363. The van der Waals surface area contributed by atoms with E-state index in [2.05, 4.69) is 17.3 Å². The zero-order valence-electron chi connectivity index (χ0n) is 12.1. The number of aromatic hydroxyl groups is 1. The maximum Gasteiger partial charge on any atom is 0.262 e. The molecule has 1 amide bonds. The molecule has 0 spiro atoms. The second-order valence-corrected chi connectivity index (χ2v) is 4.81. The van der Waals surface area contributed by atoms with Gasteiger partial charge in [-0.1, -0.05) is 19.4 Å². The van der Waals surface area contributed by atoms with Crippen molar-refractivity contribution >= 4 is 11.6 Å². The Bertz CT molecular complexity index is 632. The maximum atomic E-state index is 13.6. The number of rotatable bonds is 5. The van der Waals surface area contributed by atoms with Gasteiger partial charge in [0.2, 0.25) is 0 Å². The number of phenols is 1. The summed E-state index contributed by atoms with van der Waals surface area (Å²) >= 11 is 0. The van der Waals surface area contributed by atoms with Crippen LogP contribution in [0.25, 0.3) is 0 Å². The van der Waals surface area contributed by atoms with Crippen molar-refractivity contribution in [2.45, 2.75) is 33.2 Å². The fourth-order valence-corrected chi connectivity index (χ4v) is 2.02. The Labute approximate surface area is 122 Å². The summed E-state index contributed by atoms with van der Waals surface area (Å²) < 4.78 is 15.4. The third-order valence-electron chi connectivity index (χ3n) is 3.29. The van der Waals surface area contributed by atoms with E-state index in [1.54, 1.807) is 4.68 Å². The van der Waals surface area contributed by atoms with Crippen LogP contribution in [0.5, 0.6) is 5.75 Å². The van der Waals surface area contributed by atoms with Crippen molar-refractivity contribution in [1.82, 2.24) is 9.78 Å². The first kappa shape index (κ1) is 15.0.